The van der Waals surface area contributed by atoms with Crippen LogP contribution in [0.3, 0.4) is 0 Å². The van der Waals surface area contributed by atoms with Gasteiger partial charge in [-0.15, -0.1) is 0 Å². The second-order valence-corrected chi connectivity index (χ2v) is 6.38. The number of carbonyl (C=O) groups is 3. The maximum atomic E-state index is 12.0. The first-order valence-electron chi connectivity index (χ1n) is 8.77. The Bertz CT molecular complexity index is 871. The molecule has 3 N–H and O–H groups in total. The molecule has 0 aromatic heterocycles. The fourth-order valence-corrected chi connectivity index (χ4v) is 2.75. The highest BCUT2D eigenvalue weighted by Gasteiger charge is 2.43. The average molecular weight is 383 g/mol. The van der Waals surface area contributed by atoms with Crippen molar-refractivity contribution in [1.29, 1.82) is 0 Å². The smallest absolute Gasteiger partial charge is 0.322 e. The van der Waals surface area contributed by atoms with Gasteiger partial charge in [0.15, 0.2) is 0 Å². The van der Waals surface area contributed by atoms with Crippen molar-refractivity contribution < 1.29 is 23.9 Å². The molecular formula is C20H21N3O5. The second kappa shape index (κ2) is 8.53. The molecule has 1 aliphatic heterocycles. The van der Waals surface area contributed by atoms with Crippen LogP contribution in [-0.2, 0) is 19.9 Å². The first-order chi connectivity index (χ1) is 13.5. The molecule has 0 bridgehead atoms. The van der Waals surface area contributed by atoms with Gasteiger partial charge < -0.3 is 20.1 Å². The molecule has 1 unspecified atom stereocenters. The van der Waals surface area contributed by atoms with E-state index >= 15 is 0 Å². The predicted octanol–water partition coefficient (Wildman–Crippen LogP) is 1.78. The summed E-state index contributed by atoms with van der Waals surface area (Å²) in [5.74, 6) is -0.0337. The van der Waals surface area contributed by atoms with Crippen LogP contribution < -0.4 is 20.7 Å². The number of anilines is 1. The second-order valence-electron chi connectivity index (χ2n) is 6.38. The molecule has 1 fully saturated rings. The lowest BCUT2D eigenvalue weighted by Gasteiger charge is -2.21. The van der Waals surface area contributed by atoms with Crippen LogP contribution in [0.1, 0.15) is 12.5 Å². The molecule has 0 radical (unpaired) electrons. The highest BCUT2D eigenvalue weighted by molar-refractivity contribution is 6.07. The zero-order valence-electron chi connectivity index (χ0n) is 15.4. The molecule has 0 spiro atoms. The van der Waals surface area contributed by atoms with E-state index in [9.17, 15) is 14.4 Å². The lowest BCUT2D eigenvalue weighted by molar-refractivity contribution is -0.123. The number of nitrogens with one attached hydrogen (secondary N) is 3. The van der Waals surface area contributed by atoms with E-state index in [4.69, 9.17) is 9.47 Å². The number of hydrogen-bond donors (Lipinski definition) is 3. The molecule has 3 rings (SSSR count). The van der Waals surface area contributed by atoms with Crippen molar-refractivity contribution in [2.75, 3.05) is 25.1 Å². The Morgan fingerprint density at radius 3 is 2.57 bits per heavy atom. The Balaban J connectivity index is 1.47. The molecule has 2 aromatic rings. The van der Waals surface area contributed by atoms with Gasteiger partial charge in [-0.05, 0) is 36.8 Å². The molecular weight excluding hydrogens is 362 g/mol. The van der Waals surface area contributed by atoms with Crippen LogP contribution >= 0.6 is 0 Å². The van der Waals surface area contributed by atoms with Gasteiger partial charge in [0, 0.05) is 5.69 Å². The summed E-state index contributed by atoms with van der Waals surface area (Å²) in [6, 6.07) is 15.5. The molecule has 1 aliphatic rings. The molecule has 1 saturated heterocycles. The predicted molar refractivity (Wildman–Crippen MR) is 102 cm³/mol. The largest absolute Gasteiger partial charge is 0.491 e. The summed E-state index contributed by atoms with van der Waals surface area (Å²) < 4.78 is 10.8. The van der Waals surface area contributed by atoms with Crippen LogP contribution in [0.5, 0.6) is 5.75 Å². The summed E-state index contributed by atoms with van der Waals surface area (Å²) in [5, 5.41) is 7.51. The lowest BCUT2D eigenvalue weighted by Crippen LogP contribution is -2.40. The van der Waals surface area contributed by atoms with E-state index in [1.165, 1.54) is 0 Å². The van der Waals surface area contributed by atoms with E-state index in [1.54, 1.807) is 31.2 Å². The highest BCUT2D eigenvalue weighted by atomic mass is 16.5. The molecule has 8 nitrogen and oxygen atoms in total. The molecule has 4 amide bonds. The van der Waals surface area contributed by atoms with Crippen molar-refractivity contribution in [3.8, 4) is 5.75 Å². The quantitative estimate of drug-likeness (QED) is 0.476. The van der Waals surface area contributed by atoms with Crippen molar-refractivity contribution in [1.82, 2.24) is 10.6 Å². The number of amides is 4. The van der Waals surface area contributed by atoms with E-state index in [0.29, 0.717) is 17.9 Å². The minimum absolute atomic E-state index is 0.128. The summed E-state index contributed by atoms with van der Waals surface area (Å²) in [7, 11) is 0. The SMILES string of the molecule is CC1(c2cccc(NC(=O)COCCOc3ccccc3)c2)NC(=O)NC1=O. The fraction of sp³-hybridized carbons (Fsp3) is 0.250. The van der Waals surface area contributed by atoms with E-state index in [2.05, 4.69) is 16.0 Å². The van der Waals surface area contributed by atoms with Crippen molar-refractivity contribution in [3.05, 3.63) is 60.2 Å². The van der Waals surface area contributed by atoms with Gasteiger partial charge in [0.05, 0.1) is 6.61 Å². The van der Waals surface area contributed by atoms with Gasteiger partial charge in [-0.25, -0.2) is 4.79 Å². The number of hydrogen-bond acceptors (Lipinski definition) is 5. The number of para-hydroxylation sites is 1. The number of urea groups is 1. The number of benzene rings is 2. The first kappa shape index (κ1) is 19.4. The molecule has 0 aliphatic carbocycles. The normalized spacial score (nSPS) is 18.3. The Morgan fingerprint density at radius 2 is 1.86 bits per heavy atom. The van der Waals surface area contributed by atoms with Gasteiger partial charge in [-0.3, -0.25) is 14.9 Å². The summed E-state index contributed by atoms with van der Waals surface area (Å²) in [6.45, 7) is 2.08. The third kappa shape index (κ3) is 4.66. The minimum Gasteiger partial charge on any atom is -0.491 e. The third-order valence-corrected chi connectivity index (χ3v) is 4.24. The summed E-state index contributed by atoms with van der Waals surface area (Å²) >= 11 is 0. The molecule has 1 heterocycles. The number of imide groups is 1. The van der Waals surface area contributed by atoms with E-state index in [0.717, 1.165) is 5.75 Å². The maximum Gasteiger partial charge on any atom is 0.322 e. The van der Waals surface area contributed by atoms with Crippen LogP contribution in [0, 0.1) is 0 Å². The van der Waals surface area contributed by atoms with E-state index < -0.39 is 17.5 Å². The van der Waals surface area contributed by atoms with Crippen molar-refractivity contribution in [3.63, 3.8) is 0 Å². The zero-order chi connectivity index (χ0) is 20.0. The van der Waals surface area contributed by atoms with E-state index in [1.807, 2.05) is 30.3 Å². The summed E-state index contributed by atoms with van der Waals surface area (Å²) in [4.78, 5) is 35.5. The topological polar surface area (TPSA) is 106 Å². The molecule has 8 heteroatoms. The fourth-order valence-electron chi connectivity index (χ4n) is 2.75. The first-order valence-corrected chi connectivity index (χ1v) is 8.77. The molecule has 1 atom stereocenters. The van der Waals surface area contributed by atoms with Crippen molar-refractivity contribution in [2.24, 2.45) is 0 Å². The van der Waals surface area contributed by atoms with Gasteiger partial charge in [0.1, 0.15) is 24.5 Å². The molecule has 2 aromatic carbocycles. The maximum absolute atomic E-state index is 12.0. The van der Waals surface area contributed by atoms with Crippen molar-refractivity contribution >= 4 is 23.5 Å². The molecule has 146 valence electrons. The number of rotatable bonds is 8. The van der Waals surface area contributed by atoms with Crippen LogP contribution in [-0.4, -0.2) is 37.7 Å². The zero-order valence-corrected chi connectivity index (χ0v) is 15.4. The van der Waals surface area contributed by atoms with Gasteiger partial charge in [0.2, 0.25) is 5.91 Å². The van der Waals surface area contributed by atoms with Gasteiger partial charge in [-0.1, -0.05) is 30.3 Å². The third-order valence-electron chi connectivity index (χ3n) is 4.24. The van der Waals surface area contributed by atoms with Crippen LogP contribution in [0.2, 0.25) is 0 Å². The Hall–Kier alpha value is -3.39. The number of carbonyl (C=O) groups excluding carboxylic acids is 3. The summed E-state index contributed by atoms with van der Waals surface area (Å²) in [6.07, 6.45) is 0. The highest BCUT2D eigenvalue weighted by Crippen LogP contribution is 2.26. The summed E-state index contributed by atoms with van der Waals surface area (Å²) in [5.41, 5.74) is -0.115. The van der Waals surface area contributed by atoms with Gasteiger partial charge in [-0.2, -0.15) is 0 Å². The van der Waals surface area contributed by atoms with Gasteiger partial charge >= 0.3 is 6.03 Å². The van der Waals surface area contributed by atoms with Crippen molar-refractivity contribution in [2.45, 2.75) is 12.5 Å². The molecule has 0 saturated carbocycles. The Labute approximate surface area is 162 Å². The average Bonchev–Trinajstić information content (AvgIpc) is 2.95. The standard InChI is InChI=1S/C20H21N3O5/c1-20(18(25)22-19(26)23-20)14-6-5-7-15(12-14)21-17(24)13-27-10-11-28-16-8-3-2-4-9-16/h2-9,12H,10-11,13H2,1H3,(H,21,24)(H2,22,23,25,26). The number of ether oxygens (including phenoxy) is 2. The van der Waals surface area contributed by atoms with Crippen LogP contribution in [0.4, 0.5) is 10.5 Å². The van der Waals surface area contributed by atoms with E-state index in [-0.39, 0.29) is 19.1 Å². The molecule has 28 heavy (non-hydrogen) atoms. The Kier molecular flexibility index (Phi) is 5.90. The van der Waals surface area contributed by atoms with Gasteiger partial charge in [0.25, 0.3) is 5.91 Å². The Morgan fingerprint density at radius 1 is 1.07 bits per heavy atom. The van der Waals surface area contributed by atoms with Crippen LogP contribution in [0.25, 0.3) is 0 Å². The monoisotopic (exact) mass is 383 g/mol. The minimum atomic E-state index is -1.18. The van der Waals surface area contributed by atoms with Crippen LogP contribution in [0.15, 0.2) is 54.6 Å². The lowest BCUT2D eigenvalue weighted by atomic mass is 9.92.